The number of hydrogen-bond acceptors (Lipinski definition) is 4. The minimum Gasteiger partial charge on any atom is -0.854 e. The third kappa shape index (κ3) is 2.18. The molecule has 17 heavy (non-hydrogen) atoms. The number of benzene rings is 1. The largest absolute Gasteiger partial charge is 0.854 e. The molecule has 2 rings (SSSR count). The monoisotopic (exact) mass is 230 g/mol. The molecule has 1 heterocycles. The number of aromatic nitrogens is 3. The van der Waals surface area contributed by atoms with Crippen LogP contribution in [0.15, 0.2) is 30.3 Å². The van der Waals surface area contributed by atoms with E-state index in [1.807, 2.05) is 30.3 Å². The predicted octanol–water partition coefficient (Wildman–Crippen LogP) is 0.108. The molecular weight excluding hydrogens is 216 g/mol. The summed E-state index contributed by atoms with van der Waals surface area (Å²) in [6, 6.07) is 9.41. The maximum Gasteiger partial charge on any atom is 0.289 e. The van der Waals surface area contributed by atoms with Gasteiger partial charge in [-0.1, -0.05) is 22.9 Å². The summed E-state index contributed by atoms with van der Waals surface area (Å²) in [4.78, 5) is 5.65. The topological polar surface area (TPSA) is 56.0 Å². The van der Waals surface area contributed by atoms with E-state index in [2.05, 4.69) is 10.1 Å². The van der Waals surface area contributed by atoms with Gasteiger partial charge in [-0.15, -0.1) is 0 Å². The fourth-order valence-electron chi connectivity index (χ4n) is 1.58. The number of nitrogens with zero attached hydrogens (tertiary/aromatic N) is 4. The fourth-order valence-corrected chi connectivity index (χ4v) is 1.58. The molecule has 1 aromatic heterocycles. The average Bonchev–Trinajstić information content (AvgIpc) is 2.29. The van der Waals surface area contributed by atoms with Crippen molar-refractivity contribution in [2.75, 3.05) is 19.0 Å². The highest BCUT2D eigenvalue weighted by molar-refractivity contribution is 5.60. The first-order valence-electron chi connectivity index (χ1n) is 5.27. The lowest BCUT2D eigenvalue weighted by Crippen LogP contribution is -2.39. The Morgan fingerprint density at radius 2 is 1.82 bits per heavy atom. The van der Waals surface area contributed by atoms with Crippen LogP contribution in [0.3, 0.4) is 0 Å². The molecule has 0 aliphatic heterocycles. The fraction of sp³-hybridized carbons (Fsp3) is 0.250. The van der Waals surface area contributed by atoms with Gasteiger partial charge in [0.1, 0.15) is 0 Å². The van der Waals surface area contributed by atoms with Crippen molar-refractivity contribution in [1.29, 1.82) is 0 Å². The SMILES string of the molecule is CN(C)c1nc([O-])c(-c2ccccc2)[n+](C)n1. The molecule has 0 aliphatic carbocycles. The van der Waals surface area contributed by atoms with Crippen LogP contribution in [0.25, 0.3) is 11.3 Å². The van der Waals surface area contributed by atoms with Gasteiger partial charge in [0, 0.05) is 24.8 Å². The third-order valence-electron chi connectivity index (χ3n) is 2.41. The van der Waals surface area contributed by atoms with Gasteiger partial charge in [0.25, 0.3) is 5.95 Å². The van der Waals surface area contributed by atoms with Crippen LogP contribution in [-0.4, -0.2) is 24.2 Å². The predicted molar refractivity (Wildman–Crippen MR) is 62.4 cm³/mol. The van der Waals surface area contributed by atoms with Crippen molar-refractivity contribution in [2.24, 2.45) is 7.05 Å². The van der Waals surface area contributed by atoms with E-state index in [1.54, 1.807) is 30.7 Å². The first-order valence-corrected chi connectivity index (χ1v) is 5.27. The lowest BCUT2D eigenvalue weighted by Gasteiger charge is -2.13. The van der Waals surface area contributed by atoms with Gasteiger partial charge < -0.3 is 10.0 Å². The Bertz CT molecular complexity index is 502. The first-order chi connectivity index (χ1) is 8.09. The zero-order chi connectivity index (χ0) is 12.4. The minimum atomic E-state index is -0.266. The second-order valence-corrected chi connectivity index (χ2v) is 3.95. The maximum absolute atomic E-state index is 12.0. The van der Waals surface area contributed by atoms with Crippen molar-refractivity contribution in [3.63, 3.8) is 0 Å². The van der Waals surface area contributed by atoms with Crippen LogP contribution in [0.5, 0.6) is 5.88 Å². The van der Waals surface area contributed by atoms with Crippen molar-refractivity contribution in [3.05, 3.63) is 30.3 Å². The molecular formula is C12H14N4O. The average molecular weight is 230 g/mol. The molecule has 0 saturated heterocycles. The Labute approximate surface area is 100.0 Å². The molecule has 0 N–H and O–H groups in total. The summed E-state index contributed by atoms with van der Waals surface area (Å²) in [5.74, 6) is 0.148. The van der Waals surface area contributed by atoms with E-state index in [0.29, 0.717) is 11.6 Å². The molecule has 5 heteroatoms. The molecule has 88 valence electrons. The number of anilines is 1. The van der Waals surface area contributed by atoms with E-state index < -0.39 is 0 Å². The van der Waals surface area contributed by atoms with Crippen LogP contribution in [0, 0.1) is 0 Å². The summed E-state index contributed by atoms with van der Waals surface area (Å²) in [5, 5.41) is 16.2. The van der Waals surface area contributed by atoms with Gasteiger partial charge in [-0.25, -0.2) is 4.98 Å². The van der Waals surface area contributed by atoms with Crippen LogP contribution in [0.2, 0.25) is 0 Å². The van der Waals surface area contributed by atoms with Crippen LogP contribution in [0.4, 0.5) is 5.95 Å². The Kier molecular flexibility index (Phi) is 2.91. The summed E-state index contributed by atoms with van der Waals surface area (Å²) < 4.78 is 1.57. The summed E-state index contributed by atoms with van der Waals surface area (Å²) in [6.45, 7) is 0. The molecule has 0 amide bonds. The Hall–Kier alpha value is -2.17. The van der Waals surface area contributed by atoms with E-state index in [4.69, 9.17) is 0 Å². The molecule has 5 nitrogen and oxygen atoms in total. The minimum absolute atomic E-state index is 0.266. The molecule has 0 aliphatic rings. The van der Waals surface area contributed by atoms with E-state index in [-0.39, 0.29) is 5.88 Å². The molecule has 0 bridgehead atoms. The second-order valence-electron chi connectivity index (χ2n) is 3.95. The van der Waals surface area contributed by atoms with Crippen molar-refractivity contribution >= 4 is 5.95 Å². The van der Waals surface area contributed by atoms with Crippen LogP contribution < -0.4 is 14.7 Å². The van der Waals surface area contributed by atoms with Gasteiger partial charge in [-0.05, 0) is 12.1 Å². The highest BCUT2D eigenvalue weighted by atomic mass is 16.3. The Morgan fingerprint density at radius 3 is 2.35 bits per heavy atom. The smallest absolute Gasteiger partial charge is 0.289 e. The van der Waals surface area contributed by atoms with Gasteiger partial charge in [-0.3, -0.25) is 0 Å². The van der Waals surface area contributed by atoms with Gasteiger partial charge in [0.2, 0.25) is 5.69 Å². The van der Waals surface area contributed by atoms with Crippen LogP contribution in [-0.2, 0) is 7.05 Å². The standard InChI is InChI=1S/C12H14N4O/c1-15(2)12-13-11(17)10(16(3)14-12)9-7-5-4-6-8-9/h4-8H,1-3H3. The van der Waals surface area contributed by atoms with Crippen molar-refractivity contribution < 1.29 is 9.79 Å². The van der Waals surface area contributed by atoms with E-state index >= 15 is 0 Å². The van der Waals surface area contributed by atoms with Crippen molar-refractivity contribution in [1.82, 2.24) is 10.1 Å². The van der Waals surface area contributed by atoms with Gasteiger partial charge >= 0.3 is 0 Å². The third-order valence-corrected chi connectivity index (χ3v) is 2.41. The molecule has 0 unspecified atom stereocenters. The lowest BCUT2D eigenvalue weighted by molar-refractivity contribution is -0.721. The van der Waals surface area contributed by atoms with Crippen molar-refractivity contribution in [2.45, 2.75) is 0 Å². The normalized spacial score (nSPS) is 10.3. The Balaban J connectivity index is 2.57. The number of aryl methyl sites for hydroxylation is 1. The maximum atomic E-state index is 12.0. The van der Waals surface area contributed by atoms with Crippen molar-refractivity contribution in [3.8, 4) is 17.1 Å². The highest BCUT2D eigenvalue weighted by Crippen LogP contribution is 2.21. The van der Waals surface area contributed by atoms with Gasteiger partial charge in [-0.2, -0.15) is 0 Å². The van der Waals surface area contributed by atoms with Crippen LogP contribution >= 0.6 is 0 Å². The summed E-state index contributed by atoms with van der Waals surface area (Å²) >= 11 is 0. The summed E-state index contributed by atoms with van der Waals surface area (Å²) in [6.07, 6.45) is 0. The van der Waals surface area contributed by atoms with Gasteiger partial charge in [0.15, 0.2) is 7.05 Å². The first kappa shape index (κ1) is 11.3. The quantitative estimate of drug-likeness (QED) is 0.687. The summed E-state index contributed by atoms with van der Waals surface area (Å²) in [5.41, 5.74) is 1.32. The van der Waals surface area contributed by atoms with E-state index in [1.165, 1.54) is 0 Å². The molecule has 1 aromatic carbocycles. The molecule has 0 radical (unpaired) electrons. The summed E-state index contributed by atoms with van der Waals surface area (Å²) in [7, 11) is 5.35. The molecule has 0 atom stereocenters. The Morgan fingerprint density at radius 1 is 1.18 bits per heavy atom. The number of hydrogen-bond donors (Lipinski definition) is 0. The second kappa shape index (κ2) is 4.37. The number of rotatable bonds is 2. The molecule has 0 spiro atoms. The van der Waals surface area contributed by atoms with Crippen LogP contribution in [0.1, 0.15) is 0 Å². The zero-order valence-corrected chi connectivity index (χ0v) is 10.1. The molecule has 2 aromatic rings. The lowest BCUT2D eigenvalue weighted by atomic mass is 10.1. The molecule has 0 fully saturated rings. The van der Waals surface area contributed by atoms with E-state index in [9.17, 15) is 5.11 Å². The van der Waals surface area contributed by atoms with Gasteiger partial charge in [0.05, 0.1) is 5.88 Å². The highest BCUT2D eigenvalue weighted by Gasteiger charge is 2.16. The zero-order valence-electron chi connectivity index (χ0n) is 10.1. The van der Waals surface area contributed by atoms with E-state index in [0.717, 1.165) is 5.56 Å². The molecule has 0 saturated carbocycles.